The minimum absolute atomic E-state index is 0.0702. The fourth-order valence-corrected chi connectivity index (χ4v) is 9.14. The highest BCUT2D eigenvalue weighted by Gasteiger charge is 2.30. The van der Waals surface area contributed by atoms with Crippen LogP contribution in [-0.4, -0.2) is 106 Å². The van der Waals surface area contributed by atoms with Crippen molar-refractivity contribution in [3.05, 3.63) is 96.2 Å². The van der Waals surface area contributed by atoms with Gasteiger partial charge in [-0.3, -0.25) is 19.8 Å². The Hall–Kier alpha value is -5.99. The summed E-state index contributed by atoms with van der Waals surface area (Å²) in [4.78, 5) is 46.3. The normalized spacial score (nSPS) is 20.1. The molecule has 0 spiro atoms. The third-order valence-corrected chi connectivity index (χ3v) is 12.4. The number of likely N-dealkylation sites (tertiary alicyclic amines) is 2. The number of fused-ring (bicyclic) bond motifs is 1. The lowest BCUT2D eigenvalue weighted by Crippen LogP contribution is -2.49. The number of piperidine rings is 2. The summed E-state index contributed by atoms with van der Waals surface area (Å²) >= 11 is 0. The van der Waals surface area contributed by atoms with Gasteiger partial charge in [-0.1, -0.05) is 30.3 Å². The van der Waals surface area contributed by atoms with E-state index in [-0.39, 0.29) is 29.7 Å². The lowest BCUT2D eigenvalue weighted by Gasteiger charge is -2.38. The molecule has 300 valence electrons. The van der Waals surface area contributed by atoms with E-state index in [0.717, 1.165) is 86.2 Å². The molecule has 2 aromatic heterocycles. The Morgan fingerprint density at radius 1 is 0.862 bits per heavy atom. The summed E-state index contributed by atoms with van der Waals surface area (Å²) in [6.45, 7) is 6.71. The van der Waals surface area contributed by atoms with E-state index in [1.807, 2.05) is 53.4 Å². The van der Waals surface area contributed by atoms with Crippen LogP contribution in [0.3, 0.4) is 0 Å². The molecule has 0 radical (unpaired) electrons. The maximum Gasteiger partial charge on any atom is 0.328 e. The van der Waals surface area contributed by atoms with Crippen LogP contribution in [0.15, 0.2) is 85.1 Å². The third-order valence-electron chi connectivity index (χ3n) is 12.4. The average Bonchev–Trinajstić information content (AvgIpc) is 3.69. The lowest BCUT2D eigenvalue weighted by atomic mass is 9.94. The third kappa shape index (κ3) is 7.57. The number of anilines is 3. The van der Waals surface area contributed by atoms with E-state index in [1.165, 1.54) is 0 Å². The predicted molar refractivity (Wildman–Crippen MR) is 222 cm³/mol. The Labute approximate surface area is 337 Å². The lowest BCUT2D eigenvalue weighted by molar-refractivity contribution is -0.120. The number of morpholine rings is 1. The molecule has 0 saturated carbocycles. The highest BCUT2D eigenvalue weighted by Crippen LogP contribution is 2.36. The molecule has 9 rings (SSSR count). The first kappa shape index (κ1) is 37.6. The minimum atomic E-state index is -0.359. The van der Waals surface area contributed by atoms with E-state index >= 15 is 0 Å². The second kappa shape index (κ2) is 16.1. The van der Waals surface area contributed by atoms with Gasteiger partial charge in [-0.2, -0.15) is 0 Å². The van der Waals surface area contributed by atoms with Crippen molar-refractivity contribution in [2.75, 3.05) is 74.5 Å². The molecule has 0 aliphatic carbocycles. The summed E-state index contributed by atoms with van der Waals surface area (Å²) < 4.78 is 8.54. The molecule has 4 aliphatic rings. The standard InChI is InChI=1S/C44H49N9O5/c45-42-38(26-35(47-48-42)33-4-1-2-7-39(33)54)51-24-25-58-40(28-51)30-8-10-31(11-9-30)43(56)50-20-12-29(13-21-50)27-49-18-14-32(15-19-49)52-22-16-34-36(52)5-3-6-37(34)53-23-17-41(55)46-44(53)57/h1-11,16,22,26,29,32,40,54H,12-15,17-21,23-25,27-28H2,(H2,45,48)(H,46,55,57)/t40-/m0/s1. The van der Waals surface area contributed by atoms with Gasteiger partial charge in [0.05, 0.1) is 29.2 Å². The number of carbonyl (C=O) groups excluding carboxylic acids is 3. The number of carbonyl (C=O) groups is 3. The number of phenols is 1. The maximum absolute atomic E-state index is 13.6. The number of aromatic hydroxyl groups is 1. The van der Waals surface area contributed by atoms with Crippen molar-refractivity contribution >= 4 is 45.9 Å². The second-order valence-corrected chi connectivity index (χ2v) is 15.9. The number of hydrogen-bond acceptors (Lipinski definition) is 10. The van der Waals surface area contributed by atoms with Gasteiger partial charge >= 0.3 is 6.03 Å². The number of phenolic OH excluding ortho intramolecular Hbond substituents is 1. The van der Waals surface area contributed by atoms with Gasteiger partial charge in [0.1, 0.15) is 11.9 Å². The number of nitrogen functional groups attached to an aromatic ring is 1. The number of para-hydroxylation sites is 1. The summed E-state index contributed by atoms with van der Waals surface area (Å²) in [5.74, 6) is 0.853. The van der Waals surface area contributed by atoms with Gasteiger partial charge in [-0.05, 0) is 85.7 Å². The van der Waals surface area contributed by atoms with Gasteiger partial charge in [0, 0.05) is 87.5 Å². The number of nitrogens with two attached hydrogens (primary N) is 1. The second-order valence-electron chi connectivity index (χ2n) is 15.9. The number of hydrogen-bond donors (Lipinski definition) is 3. The number of rotatable bonds is 8. The zero-order valence-corrected chi connectivity index (χ0v) is 32.5. The van der Waals surface area contributed by atoms with Crippen LogP contribution in [0, 0.1) is 5.92 Å². The van der Waals surface area contributed by atoms with Gasteiger partial charge < -0.3 is 34.8 Å². The van der Waals surface area contributed by atoms with Crippen molar-refractivity contribution in [3.63, 3.8) is 0 Å². The molecule has 4 N–H and O–H groups in total. The molecule has 1 atom stereocenters. The quantitative estimate of drug-likeness (QED) is 0.181. The van der Waals surface area contributed by atoms with E-state index in [2.05, 4.69) is 48.2 Å². The molecule has 58 heavy (non-hydrogen) atoms. The number of aromatic nitrogens is 3. The van der Waals surface area contributed by atoms with Crippen LogP contribution in [0.1, 0.15) is 60.2 Å². The highest BCUT2D eigenvalue weighted by molar-refractivity contribution is 6.09. The Morgan fingerprint density at radius 2 is 1.66 bits per heavy atom. The molecule has 14 heteroatoms. The zero-order valence-electron chi connectivity index (χ0n) is 32.5. The van der Waals surface area contributed by atoms with Gasteiger partial charge in [-0.25, -0.2) is 4.79 Å². The number of nitrogens with one attached hydrogen (secondary N) is 1. The van der Waals surface area contributed by atoms with Crippen LogP contribution >= 0.6 is 0 Å². The average molecular weight is 784 g/mol. The van der Waals surface area contributed by atoms with E-state index < -0.39 is 0 Å². The van der Waals surface area contributed by atoms with Crippen LogP contribution in [0.4, 0.5) is 22.0 Å². The minimum Gasteiger partial charge on any atom is -0.507 e. The Kier molecular flexibility index (Phi) is 10.4. The molecule has 4 fully saturated rings. The van der Waals surface area contributed by atoms with E-state index in [4.69, 9.17) is 10.5 Å². The molecule has 5 aromatic rings. The number of amides is 4. The molecule has 0 unspecified atom stereocenters. The smallest absolute Gasteiger partial charge is 0.328 e. The topological polar surface area (TPSA) is 162 Å². The SMILES string of the molecule is Nc1nnc(-c2ccccc2O)cc1N1CCO[C@H](c2ccc(C(=O)N3CCC(CN4CCC(n5ccc6c(N7CCC(=O)NC7=O)cccc65)CC4)CC3)cc2)C1. The molecule has 0 bridgehead atoms. The Morgan fingerprint density at radius 3 is 2.43 bits per heavy atom. The van der Waals surface area contributed by atoms with Crippen molar-refractivity contribution < 1.29 is 24.2 Å². The van der Waals surface area contributed by atoms with Gasteiger partial charge in [0.2, 0.25) is 5.91 Å². The Balaban J connectivity index is 0.756. The van der Waals surface area contributed by atoms with Crippen molar-refractivity contribution in [1.82, 2.24) is 29.9 Å². The van der Waals surface area contributed by atoms with Crippen molar-refractivity contribution in [3.8, 4) is 17.0 Å². The Bertz CT molecular complexity index is 2310. The first-order valence-electron chi connectivity index (χ1n) is 20.4. The van der Waals surface area contributed by atoms with Crippen molar-refractivity contribution in [2.24, 2.45) is 5.92 Å². The fourth-order valence-electron chi connectivity index (χ4n) is 9.14. The summed E-state index contributed by atoms with van der Waals surface area (Å²) in [5.41, 5.74) is 11.8. The van der Waals surface area contributed by atoms with E-state index in [9.17, 15) is 19.5 Å². The monoisotopic (exact) mass is 783 g/mol. The summed E-state index contributed by atoms with van der Waals surface area (Å²) in [6, 6.07) is 24.9. The van der Waals surface area contributed by atoms with Gasteiger partial charge in [0.15, 0.2) is 5.82 Å². The van der Waals surface area contributed by atoms with Crippen LogP contribution in [-0.2, 0) is 9.53 Å². The molecular formula is C44H49N9O5. The van der Waals surface area contributed by atoms with Crippen LogP contribution < -0.4 is 20.9 Å². The van der Waals surface area contributed by atoms with Crippen LogP contribution in [0.25, 0.3) is 22.2 Å². The van der Waals surface area contributed by atoms with Crippen molar-refractivity contribution in [2.45, 2.75) is 44.2 Å². The molecule has 4 amide bonds. The van der Waals surface area contributed by atoms with Gasteiger partial charge in [0.25, 0.3) is 5.91 Å². The summed E-state index contributed by atoms with van der Waals surface area (Å²) in [6.07, 6.45) is 6.34. The molecule has 14 nitrogen and oxygen atoms in total. The first-order chi connectivity index (χ1) is 28.3. The number of nitrogens with zero attached hydrogens (tertiary/aromatic N) is 7. The molecule has 4 saturated heterocycles. The number of imide groups is 1. The molecular weight excluding hydrogens is 735 g/mol. The van der Waals surface area contributed by atoms with Crippen LogP contribution in [0.2, 0.25) is 0 Å². The predicted octanol–water partition coefficient (Wildman–Crippen LogP) is 5.60. The number of urea groups is 1. The first-order valence-corrected chi connectivity index (χ1v) is 20.4. The molecule has 3 aromatic carbocycles. The zero-order chi connectivity index (χ0) is 39.8. The molecule has 4 aliphatic heterocycles. The number of benzene rings is 3. The highest BCUT2D eigenvalue weighted by atomic mass is 16.5. The van der Waals surface area contributed by atoms with Crippen LogP contribution in [0.5, 0.6) is 5.75 Å². The molecule has 6 heterocycles. The summed E-state index contributed by atoms with van der Waals surface area (Å²) in [5, 5.41) is 22.2. The maximum atomic E-state index is 13.6. The van der Waals surface area contributed by atoms with E-state index in [0.29, 0.717) is 67.3 Å². The largest absolute Gasteiger partial charge is 0.507 e. The van der Waals surface area contributed by atoms with Crippen molar-refractivity contribution in [1.29, 1.82) is 0 Å². The van der Waals surface area contributed by atoms with E-state index in [1.54, 1.807) is 23.1 Å². The van der Waals surface area contributed by atoms with Gasteiger partial charge in [-0.15, -0.1) is 10.2 Å². The number of ether oxygens (including phenoxy) is 1. The summed E-state index contributed by atoms with van der Waals surface area (Å²) in [7, 11) is 0. The fraction of sp³-hybridized carbons (Fsp3) is 0.386.